The van der Waals surface area contributed by atoms with Crippen LogP contribution in [0, 0.1) is 5.92 Å². The van der Waals surface area contributed by atoms with Crippen molar-refractivity contribution in [2.75, 3.05) is 6.54 Å². The van der Waals surface area contributed by atoms with Gasteiger partial charge in [-0.25, -0.2) is 0 Å². The van der Waals surface area contributed by atoms with Crippen molar-refractivity contribution in [2.24, 2.45) is 5.92 Å². The molecule has 0 amide bonds. The number of rotatable bonds is 9. The molecule has 1 aliphatic rings. The van der Waals surface area contributed by atoms with Crippen LogP contribution in [0.2, 0.25) is 0 Å². The van der Waals surface area contributed by atoms with E-state index < -0.39 is 0 Å². The first-order valence-corrected chi connectivity index (χ1v) is 8.15. The quantitative estimate of drug-likeness (QED) is 0.613. The summed E-state index contributed by atoms with van der Waals surface area (Å²) in [4.78, 5) is 0. The lowest BCUT2D eigenvalue weighted by Crippen LogP contribution is -2.45. The molecule has 3 unspecified atom stereocenters. The van der Waals surface area contributed by atoms with Crippen LogP contribution in [0.1, 0.15) is 78.1 Å². The van der Waals surface area contributed by atoms with Crippen LogP contribution in [0.3, 0.4) is 0 Å². The van der Waals surface area contributed by atoms with Gasteiger partial charge in [0.1, 0.15) is 0 Å². The zero-order chi connectivity index (χ0) is 13.2. The maximum Gasteiger partial charge on any atom is 0.0693 e. The number of aliphatic hydroxyl groups excluding tert-OH is 1. The van der Waals surface area contributed by atoms with Crippen molar-refractivity contribution >= 4 is 0 Å². The highest BCUT2D eigenvalue weighted by atomic mass is 16.3. The van der Waals surface area contributed by atoms with Gasteiger partial charge in [-0.15, -0.1) is 0 Å². The molecule has 0 saturated carbocycles. The van der Waals surface area contributed by atoms with Crippen molar-refractivity contribution in [3.8, 4) is 0 Å². The fourth-order valence-corrected chi connectivity index (χ4v) is 2.95. The van der Waals surface area contributed by atoms with E-state index >= 15 is 0 Å². The van der Waals surface area contributed by atoms with Crippen LogP contribution in [0.4, 0.5) is 0 Å². The van der Waals surface area contributed by atoms with Crippen LogP contribution in [0.25, 0.3) is 0 Å². The third-order valence-corrected chi connectivity index (χ3v) is 4.27. The number of unbranched alkanes of at least 4 members (excludes halogenated alkanes) is 6. The Morgan fingerprint density at radius 1 is 1.11 bits per heavy atom. The smallest absolute Gasteiger partial charge is 0.0693 e. The van der Waals surface area contributed by atoms with Gasteiger partial charge in [0.15, 0.2) is 0 Å². The second kappa shape index (κ2) is 9.80. The normalized spacial score (nSPS) is 26.2. The predicted molar refractivity (Wildman–Crippen MR) is 78.8 cm³/mol. The lowest BCUT2D eigenvalue weighted by atomic mass is 9.89. The average Bonchev–Trinajstić information content (AvgIpc) is 2.37. The third-order valence-electron chi connectivity index (χ3n) is 4.27. The standard InChI is InChI=1S/C16H33NO/c1-3-4-5-6-7-8-9-10-16(18)15-13-14(2)11-12-17-15/h14-18H,3-13H2,1-2H3. The summed E-state index contributed by atoms with van der Waals surface area (Å²) in [7, 11) is 0. The highest BCUT2D eigenvalue weighted by Gasteiger charge is 2.24. The molecule has 2 heteroatoms. The topological polar surface area (TPSA) is 32.3 Å². The van der Waals surface area contributed by atoms with Gasteiger partial charge in [0.05, 0.1) is 6.10 Å². The number of piperidine rings is 1. The molecule has 18 heavy (non-hydrogen) atoms. The molecule has 1 rings (SSSR count). The summed E-state index contributed by atoms with van der Waals surface area (Å²) in [5, 5.41) is 13.6. The molecular formula is C16H33NO. The van der Waals surface area contributed by atoms with Gasteiger partial charge in [-0.3, -0.25) is 0 Å². The van der Waals surface area contributed by atoms with Crippen LogP contribution in [-0.4, -0.2) is 23.8 Å². The highest BCUT2D eigenvalue weighted by Crippen LogP contribution is 2.20. The molecule has 0 aromatic rings. The zero-order valence-corrected chi connectivity index (χ0v) is 12.5. The van der Waals surface area contributed by atoms with Gasteiger partial charge in [0.2, 0.25) is 0 Å². The highest BCUT2D eigenvalue weighted by molar-refractivity contribution is 4.82. The third kappa shape index (κ3) is 6.75. The fourth-order valence-electron chi connectivity index (χ4n) is 2.95. The summed E-state index contributed by atoms with van der Waals surface area (Å²) in [5.74, 6) is 0.778. The van der Waals surface area contributed by atoms with Crippen molar-refractivity contribution in [3.63, 3.8) is 0 Å². The lowest BCUT2D eigenvalue weighted by Gasteiger charge is -2.31. The Morgan fingerprint density at radius 3 is 2.44 bits per heavy atom. The molecule has 2 N–H and O–H groups in total. The minimum Gasteiger partial charge on any atom is -0.392 e. The molecule has 0 aliphatic carbocycles. The summed E-state index contributed by atoms with van der Waals surface area (Å²) in [6.07, 6.45) is 12.6. The maximum absolute atomic E-state index is 10.2. The van der Waals surface area contributed by atoms with Crippen molar-refractivity contribution in [3.05, 3.63) is 0 Å². The number of hydrogen-bond acceptors (Lipinski definition) is 2. The molecule has 0 aromatic carbocycles. The Hall–Kier alpha value is -0.0800. The zero-order valence-electron chi connectivity index (χ0n) is 12.5. The van der Waals surface area contributed by atoms with Crippen LogP contribution in [0.15, 0.2) is 0 Å². The SMILES string of the molecule is CCCCCCCCCC(O)C1CC(C)CCN1. The Bertz CT molecular complexity index is 196. The minimum atomic E-state index is -0.122. The van der Waals surface area contributed by atoms with Crippen molar-refractivity contribution in [1.82, 2.24) is 5.32 Å². The largest absolute Gasteiger partial charge is 0.392 e. The summed E-state index contributed by atoms with van der Waals surface area (Å²) >= 11 is 0. The van der Waals surface area contributed by atoms with Gasteiger partial charge < -0.3 is 10.4 Å². The van der Waals surface area contributed by atoms with Crippen LogP contribution in [-0.2, 0) is 0 Å². The van der Waals surface area contributed by atoms with E-state index in [1.807, 2.05) is 0 Å². The summed E-state index contributed by atoms with van der Waals surface area (Å²) in [5.41, 5.74) is 0. The Kier molecular flexibility index (Phi) is 8.70. The number of nitrogens with one attached hydrogen (secondary N) is 1. The molecule has 108 valence electrons. The van der Waals surface area contributed by atoms with Crippen LogP contribution in [0.5, 0.6) is 0 Å². The van der Waals surface area contributed by atoms with E-state index in [0.29, 0.717) is 6.04 Å². The van der Waals surface area contributed by atoms with E-state index in [0.717, 1.165) is 25.3 Å². The molecule has 1 saturated heterocycles. The Balaban J connectivity index is 1.97. The van der Waals surface area contributed by atoms with E-state index in [4.69, 9.17) is 0 Å². The monoisotopic (exact) mass is 255 g/mol. The molecule has 2 nitrogen and oxygen atoms in total. The Morgan fingerprint density at radius 2 is 1.78 bits per heavy atom. The van der Waals surface area contributed by atoms with Gasteiger partial charge in [0, 0.05) is 6.04 Å². The van der Waals surface area contributed by atoms with Crippen LogP contribution < -0.4 is 5.32 Å². The molecule has 1 fully saturated rings. The second-order valence-corrected chi connectivity index (χ2v) is 6.17. The van der Waals surface area contributed by atoms with Gasteiger partial charge in [-0.2, -0.15) is 0 Å². The first-order valence-electron chi connectivity index (χ1n) is 8.15. The average molecular weight is 255 g/mol. The van der Waals surface area contributed by atoms with E-state index in [-0.39, 0.29) is 6.10 Å². The molecule has 1 aliphatic heterocycles. The first kappa shape index (κ1) is 16.0. The summed E-state index contributed by atoms with van der Waals surface area (Å²) in [6.45, 7) is 5.64. The molecular weight excluding hydrogens is 222 g/mol. The van der Waals surface area contributed by atoms with E-state index in [2.05, 4.69) is 19.2 Å². The van der Waals surface area contributed by atoms with E-state index in [1.165, 1.54) is 51.4 Å². The van der Waals surface area contributed by atoms with Gasteiger partial charge >= 0.3 is 0 Å². The van der Waals surface area contributed by atoms with Gasteiger partial charge in [-0.05, 0) is 31.7 Å². The lowest BCUT2D eigenvalue weighted by molar-refractivity contribution is 0.0909. The molecule has 0 radical (unpaired) electrons. The van der Waals surface area contributed by atoms with Crippen molar-refractivity contribution in [2.45, 2.75) is 90.2 Å². The molecule has 0 aromatic heterocycles. The predicted octanol–water partition coefficient (Wildman–Crippen LogP) is 3.88. The van der Waals surface area contributed by atoms with Crippen molar-refractivity contribution < 1.29 is 5.11 Å². The molecule has 0 bridgehead atoms. The Labute approximate surface area is 114 Å². The molecule has 3 atom stereocenters. The minimum absolute atomic E-state index is 0.122. The molecule has 0 spiro atoms. The van der Waals surface area contributed by atoms with Crippen molar-refractivity contribution in [1.29, 1.82) is 0 Å². The summed E-state index contributed by atoms with van der Waals surface area (Å²) < 4.78 is 0. The van der Waals surface area contributed by atoms with Crippen LogP contribution >= 0.6 is 0 Å². The maximum atomic E-state index is 10.2. The number of aliphatic hydroxyl groups is 1. The van der Waals surface area contributed by atoms with E-state index in [9.17, 15) is 5.11 Å². The molecule has 1 heterocycles. The second-order valence-electron chi connectivity index (χ2n) is 6.17. The van der Waals surface area contributed by atoms with E-state index in [1.54, 1.807) is 0 Å². The fraction of sp³-hybridized carbons (Fsp3) is 1.00. The van der Waals surface area contributed by atoms with Gasteiger partial charge in [-0.1, -0.05) is 58.8 Å². The summed E-state index contributed by atoms with van der Waals surface area (Å²) in [6, 6.07) is 0.355. The number of hydrogen-bond donors (Lipinski definition) is 2. The van der Waals surface area contributed by atoms with Gasteiger partial charge in [0.25, 0.3) is 0 Å². The first-order chi connectivity index (χ1) is 8.74.